The van der Waals surface area contributed by atoms with E-state index in [0.717, 1.165) is 5.56 Å². The summed E-state index contributed by atoms with van der Waals surface area (Å²) in [5.74, 6) is 0. The number of carbonyl (C=O) groups excluding carboxylic acids is 1. The molecule has 2 aromatic rings. The van der Waals surface area contributed by atoms with Crippen LogP contribution < -0.4 is 5.32 Å². The zero-order chi connectivity index (χ0) is 16.4. The molecule has 0 bridgehead atoms. The minimum absolute atomic E-state index is 0.0342. The van der Waals surface area contributed by atoms with Gasteiger partial charge < -0.3 is 15.0 Å². The van der Waals surface area contributed by atoms with Crippen molar-refractivity contribution in [2.45, 2.75) is 26.0 Å². The minimum Gasteiger partial charge on any atom is -0.370 e. The fourth-order valence-electron chi connectivity index (χ4n) is 2.86. The van der Waals surface area contributed by atoms with Crippen molar-refractivity contribution in [1.29, 1.82) is 0 Å². The van der Waals surface area contributed by atoms with E-state index in [0.29, 0.717) is 18.8 Å². The van der Waals surface area contributed by atoms with Gasteiger partial charge in [0.05, 0.1) is 31.1 Å². The summed E-state index contributed by atoms with van der Waals surface area (Å²) in [6, 6.07) is 8.06. The molecule has 0 saturated carbocycles. The van der Waals surface area contributed by atoms with Crippen LogP contribution in [-0.2, 0) is 11.8 Å². The van der Waals surface area contributed by atoms with Crippen molar-refractivity contribution in [3.05, 3.63) is 47.8 Å². The second-order valence-corrected chi connectivity index (χ2v) is 6.01. The highest BCUT2D eigenvalue weighted by molar-refractivity contribution is 5.89. The number of hydrogen-bond donors (Lipinski definition) is 1. The summed E-state index contributed by atoms with van der Waals surface area (Å²) >= 11 is 0. The molecule has 1 aromatic carbocycles. The molecule has 122 valence electrons. The number of hydrogen-bond acceptors (Lipinski definition) is 3. The predicted octanol–water partition coefficient (Wildman–Crippen LogP) is 2.72. The van der Waals surface area contributed by atoms with Gasteiger partial charge in [-0.25, -0.2) is 4.79 Å². The molecular formula is C17H22N4O2. The van der Waals surface area contributed by atoms with Crippen molar-refractivity contribution in [2.24, 2.45) is 7.05 Å². The van der Waals surface area contributed by atoms with Crippen molar-refractivity contribution in [2.75, 3.05) is 18.5 Å². The highest BCUT2D eigenvalue weighted by Gasteiger charge is 2.31. The van der Waals surface area contributed by atoms with Crippen molar-refractivity contribution >= 4 is 11.7 Å². The maximum absolute atomic E-state index is 12.6. The van der Waals surface area contributed by atoms with Crippen LogP contribution in [0.5, 0.6) is 0 Å². The maximum atomic E-state index is 12.6. The van der Waals surface area contributed by atoms with Gasteiger partial charge in [0.15, 0.2) is 0 Å². The quantitative estimate of drug-likeness (QED) is 0.927. The summed E-state index contributed by atoms with van der Waals surface area (Å²) in [6.45, 7) is 5.13. The van der Waals surface area contributed by atoms with Crippen LogP contribution in [-0.4, -0.2) is 39.9 Å². The van der Waals surface area contributed by atoms with Crippen LogP contribution in [0.3, 0.4) is 0 Å². The third kappa shape index (κ3) is 3.37. The second kappa shape index (κ2) is 6.42. The lowest BCUT2D eigenvalue weighted by Crippen LogP contribution is -2.50. The van der Waals surface area contributed by atoms with Crippen LogP contribution in [0.15, 0.2) is 36.7 Å². The van der Waals surface area contributed by atoms with E-state index in [4.69, 9.17) is 4.74 Å². The number of rotatable bonds is 2. The molecule has 0 spiro atoms. The summed E-state index contributed by atoms with van der Waals surface area (Å²) in [7, 11) is 1.82. The lowest BCUT2D eigenvalue weighted by molar-refractivity contribution is -0.0410. The minimum atomic E-state index is -0.118. The highest BCUT2D eigenvalue weighted by Crippen LogP contribution is 2.27. The highest BCUT2D eigenvalue weighted by atomic mass is 16.5. The molecule has 1 aliphatic heterocycles. The number of aromatic nitrogens is 2. The summed E-state index contributed by atoms with van der Waals surface area (Å²) in [5.41, 5.74) is 3.02. The first-order valence-corrected chi connectivity index (χ1v) is 7.78. The van der Waals surface area contributed by atoms with E-state index in [1.165, 1.54) is 5.56 Å². The first-order chi connectivity index (χ1) is 11.0. The van der Waals surface area contributed by atoms with E-state index < -0.39 is 0 Å². The molecule has 0 aliphatic carbocycles. The summed E-state index contributed by atoms with van der Waals surface area (Å²) in [6.07, 6.45) is 3.33. The molecule has 1 aliphatic rings. The van der Waals surface area contributed by atoms with Crippen LogP contribution in [0.4, 0.5) is 10.5 Å². The Morgan fingerprint density at radius 1 is 1.39 bits per heavy atom. The normalized spacial score (nSPS) is 21.3. The number of ether oxygens (including phenoxy) is 1. The van der Waals surface area contributed by atoms with Gasteiger partial charge in [0, 0.05) is 13.2 Å². The Balaban J connectivity index is 1.73. The molecular weight excluding hydrogens is 292 g/mol. The number of benzene rings is 1. The first-order valence-electron chi connectivity index (χ1n) is 7.78. The van der Waals surface area contributed by atoms with E-state index in [2.05, 4.69) is 29.5 Å². The third-order valence-electron chi connectivity index (χ3n) is 4.19. The number of morpholine rings is 1. The Labute approximate surface area is 136 Å². The van der Waals surface area contributed by atoms with E-state index in [1.807, 2.05) is 31.0 Å². The second-order valence-electron chi connectivity index (χ2n) is 6.01. The zero-order valence-electron chi connectivity index (χ0n) is 13.7. The molecule has 0 radical (unpaired) electrons. The third-order valence-corrected chi connectivity index (χ3v) is 4.19. The molecule has 0 unspecified atom stereocenters. The van der Waals surface area contributed by atoms with Gasteiger partial charge in [0.2, 0.25) is 0 Å². The number of aryl methyl sites for hydroxylation is 2. The van der Waals surface area contributed by atoms with Crippen molar-refractivity contribution in [3.8, 4) is 0 Å². The summed E-state index contributed by atoms with van der Waals surface area (Å²) in [4.78, 5) is 14.4. The maximum Gasteiger partial charge on any atom is 0.322 e. The van der Waals surface area contributed by atoms with Crippen LogP contribution in [0.1, 0.15) is 24.2 Å². The lowest BCUT2D eigenvalue weighted by atomic mass is 10.0. The summed E-state index contributed by atoms with van der Waals surface area (Å²) < 4.78 is 7.61. The smallest absolute Gasteiger partial charge is 0.322 e. The van der Waals surface area contributed by atoms with Crippen molar-refractivity contribution in [1.82, 2.24) is 14.7 Å². The molecule has 1 N–H and O–H groups in total. The Hall–Kier alpha value is -2.34. The zero-order valence-corrected chi connectivity index (χ0v) is 13.7. The molecule has 1 aromatic heterocycles. The van der Waals surface area contributed by atoms with Crippen LogP contribution >= 0.6 is 0 Å². The van der Waals surface area contributed by atoms with Gasteiger partial charge in [-0.05, 0) is 25.0 Å². The number of urea groups is 1. The van der Waals surface area contributed by atoms with Gasteiger partial charge in [-0.2, -0.15) is 5.10 Å². The van der Waals surface area contributed by atoms with E-state index >= 15 is 0 Å². The molecule has 2 atom stereocenters. The number of nitrogens with zero attached hydrogens (tertiary/aromatic N) is 3. The van der Waals surface area contributed by atoms with E-state index in [9.17, 15) is 4.79 Å². The molecule has 1 fully saturated rings. The van der Waals surface area contributed by atoms with Gasteiger partial charge >= 0.3 is 6.03 Å². The molecule has 6 heteroatoms. The largest absolute Gasteiger partial charge is 0.370 e. The SMILES string of the molecule is Cc1ccccc1[C@H]1CN(C(=O)Nc2cnn(C)c2)[C@@H](C)CO1. The van der Waals surface area contributed by atoms with Gasteiger partial charge in [0.1, 0.15) is 6.10 Å². The Morgan fingerprint density at radius 3 is 2.87 bits per heavy atom. The molecule has 3 rings (SSSR count). The van der Waals surface area contributed by atoms with Crippen molar-refractivity contribution in [3.63, 3.8) is 0 Å². The number of nitrogens with one attached hydrogen (secondary N) is 1. The molecule has 2 amide bonds. The Kier molecular flexibility index (Phi) is 4.34. The average molecular weight is 314 g/mol. The number of amides is 2. The van der Waals surface area contributed by atoms with Crippen LogP contribution in [0, 0.1) is 6.92 Å². The standard InChI is InChI=1S/C17H22N4O2/c1-12-6-4-5-7-15(12)16-10-21(13(2)11-23-16)17(22)19-14-8-18-20(3)9-14/h4-9,13,16H,10-11H2,1-3H3,(H,19,22)/t13-,16+/m0/s1. The van der Waals surface area contributed by atoms with Crippen molar-refractivity contribution < 1.29 is 9.53 Å². The fraction of sp³-hybridized carbons (Fsp3) is 0.412. The number of anilines is 1. The molecule has 6 nitrogen and oxygen atoms in total. The summed E-state index contributed by atoms with van der Waals surface area (Å²) in [5, 5.41) is 6.96. The van der Waals surface area contributed by atoms with Gasteiger partial charge in [-0.1, -0.05) is 24.3 Å². The number of carbonyl (C=O) groups is 1. The predicted molar refractivity (Wildman–Crippen MR) is 88.3 cm³/mol. The van der Waals surface area contributed by atoms with E-state index in [-0.39, 0.29) is 18.2 Å². The molecule has 1 saturated heterocycles. The Bertz CT molecular complexity index is 697. The van der Waals surface area contributed by atoms with Crippen LogP contribution in [0.2, 0.25) is 0 Å². The molecule has 2 heterocycles. The average Bonchev–Trinajstić information content (AvgIpc) is 2.93. The fourth-order valence-corrected chi connectivity index (χ4v) is 2.86. The lowest BCUT2D eigenvalue weighted by Gasteiger charge is -2.38. The van der Waals surface area contributed by atoms with Gasteiger partial charge in [-0.3, -0.25) is 4.68 Å². The van der Waals surface area contributed by atoms with Gasteiger partial charge in [-0.15, -0.1) is 0 Å². The molecule has 23 heavy (non-hydrogen) atoms. The monoisotopic (exact) mass is 314 g/mol. The Morgan fingerprint density at radius 2 is 2.17 bits per heavy atom. The topological polar surface area (TPSA) is 59.4 Å². The van der Waals surface area contributed by atoms with E-state index in [1.54, 1.807) is 17.1 Å². The van der Waals surface area contributed by atoms with Gasteiger partial charge in [0.25, 0.3) is 0 Å². The van der Waals surface area contributed by atoms with Crippen LogP contribution in [0.25, 0.3) is 0 Å². The first kappa shape index (κ1) is 15.6.